The first kappa shape index (κ1) is 46.0. The summed E-state index contributed by atoms with van der Waals surface area (Å²) in [5.41, 5.74) is 8.08. The molecule has 2 aliphatic heterocycles. The Morgan fingerprint density at radius 3 is 2.14 bits per heavy atom. The smallest absolute Gasteiger partial charge is 0.414 e. The van der Waals surface area contributed by atoms with Gasteiger partial charge in [0.1, 0.15) is 22.8 Å². The molecule has 1 aliphatic carbocycles. The van der Waals surface area contributed by atoms with Crippen molar-refractivity contribution in [1.29, 1.82) is 0 Å². The number of carbonyl (C=O) groups excluding carboxylic acids is 1. The van der Waals surface area contributed by atoms with Crippen molar-refractivity contribution in [3.63, 3.8) is 0 Å². The molecule has 4 aromatic carbocycles. The fourth-order valence-electron chi connectivity index (χ4n) is 9.87. The summed E-state index contributed by atoms with van der Waals surface area (Å²) in [6.07, 6.45) is 11.8. The number of hydrogen-bond donors (Lipinski definition) is 2. The lowest BCUT2D eigenvalue weighted by atomic mass is 9.79. The first-order chi connectivity index (χ1) is 29.7. The SMILES string of the molecule is CN(C(=O)OC(C)(C)C)C1=C(/C=C/C2=[N+](CCCC[SH](=O)=O)c3ccc4ccccc4c3C2(C)C)CC/C1=C\C=C1\N(CCCCS(=O)(=O)O)c2ccc3ccccc3c2C1(C)C. The van der Waals surface area contributed by atoms with E-state index in [1.54, 1.807) is 11.9 Å². The summed E-state index contributed by atoms with van der Waals surface area (Å²) in [6, 6.07) is 25.4. The molecule has 0 spiro atoms. The van der Waals surface area contributed by atoms with Crippen LogP contribution >= 0.6 is 0 Å². The summed E-state index contributed by atoms with van der Waals surface area (Å²) in [6.45, 7) is 15.8. The lowest BCUT2D eigenvalue weighted by Crippen LogP contribution is -2.34. The summed E-state index contributed by atoms with van der Waals surface area (Å²) in [4.78, 5) is 17.8. The van der Waals surface area contributed by atoms with Gasteiger partial charge < -0.3 is 9.64 Å². The number of anilines is 1. The van der Waals surface area contributed by atoms with Gasteiger partial charge in [-0.25, -0.2) is 13.2 Å². The number of nitrogens with zero attached hydrogens (tertiary/aromatic N) is 3. The van der Waals surface area contributed by atoms with Crippen LogP contribution in [0.3, 0.4) is 0 Å². The molecule has 0 radical (unpaired) electrons. The van der Waals surface area contributed by atoms with Crippen molar-refractivity contribution < 1.29 is 35.5 Å². The van der Waals surface area contributed by atoms with Crippen LogP contribution in [0.5, 0.6) is 0 Å². The first-order valence-corrected chi connectivity index (χ1v) is 25.0. The second-order valence-electron chi connectivity index (χ2n) is 19.0. The monoisotopic (exact) mass is 892 g/mol. The van der Waals surface area contributed by atoms with Gasteiger partial charge in [-0.1, -0.05) is 80.6 Å². The molecule has 7 rings (SSSR count). The van der Waals surface area contributed by atoms with Crippen LogP contribution in [-0.2, 0) is 36.4 Å². The highest BCUT2D eigenvalue weighted by molar-refractivity contribution is 7.85. The third kappa shape index (κ3) is 9.59. The summed E-state index contributed by atoms with van der Waals surface area (Å²) in [7, 11) is -4.75. The van der Waals surface area contributed by atoms with Crippen LogP contribution in [0.2, 0.25) is 0 Å². The highest BCUT2D eigenvalue weighted by Gasteiger charge is 2.46. The van der Waals surface area contributed by atoms with Crippen LogP contribution < -0.4 is 4.90 Å². The maximum atomic E-state index is 13.9. The summed E-state index contributed by atoms with van der Waals surface area (Å²) in [5.74, 6) is -0.132. The zero-order valence-electron chi connectivity index (χ0n) is 37.9. The molecule has 0 fully saturated rings. The third-order valence-electron chi connectivity index (χ3n) is 12.7. The number of fused-ring (bicyclic) bond motifs is 6. The van der Waals surface area contributed by atoms with Gasteiger partial charge in [0, 0.05) is 60.3 Å². The van der Waals surface area contributed by atoms with E-state index in [1.807, 2.05) is 26.8 Å². The summed E-state index contributed by atoms with van der Waals surface area (Å²) >= 11 is 0. The van der Waals surface area contributed by atoms with Gasteiger partial charge in [-0.05, 0) is 123 Å². The van der Waals surface area contributed by atoms with Crippen molar-refractivity contribution in [2.24, 2.45) is 0 Å². The molecule has 0 bridgehead atoms. The van der Waals surface area contributed by atoms with Gasteiger partial charge in [-0.15, -0.1) is 0 Å². The van der Waals surface area contributed by atoms with Crippen molar-refractivity contribution >= 4 is 65.5 Å². The third-order valence-corrected chi connectivity index (χ3v) is 14.2. The highest BCUT2D eigenvalue weighted by atomic mass is 32.2. The van der Waals surface area contributed by atoms with Crippen molar-refractivity contribution in [2.75, 3.05) is 36.5 Å². The number of allylic oxidation sites excluding steroid dienone is 7. The maximum absolute atomic E-state index is 13.9. The number of thiol groups is 1. The molecule has 63 heavy (non-hydrogen) atoms. The molecule has 0 saturated carbocycles. The molecule has 0 saturated heterocycles. The second kappa shape index (κ2) is 17.9. The van der Waals surface area contributed by atoms with Crippen LogP contribution in [0.4, 0.5) is 16.2 Å². The minimum atomic E-state index is -4.08. The number of rotatable bonds is 14. The number of amides is 1. The summed E-state index contributed by atoms with van der Waals surface area (Å²) in [5, 5.41) is 4.66. The van der Waals surface area contributed by atoms with Crippen LogP contribution in [0.15, 0.2) is 120 Å². The Bertz CT molecular complexity index is 2810. The van der Waals surface area contributed by atoms with E-state index in [-0.39, 0.29) is 16.9 Å². The fourth-order valence-corrected chi connectivity index (χ4v) is 10.9. The molecule has 0 aromatic heterocycles. The average Bonchev–Trinajstić information content (AvgIpc) is 3.79. The molecule has 4 aromatic rings. The maximum Gasteiger partial charge on any atom is 0.414 e. The van der Waals surface area contributed by atoms with Crippen molar-refractivity contribution in [3.05, 3.63) is 131 Å². The number of likely N-dealkylation sites (N-methyl/N-ethyl adjacent to an activating group) is 1. The number of benzene rings is 4. The number of ether oxygens (including phenoxy) is 1. The quantitative estimate of drug-likeness (QED) is 0.0555. The minimum Gasteiger partial charge on any atom is -0.443 e. The van der Waals surface area contributed by atoms with E-state index in [9.17, 15) is 26.2 Å². The molecular formula is C51H62N3O7S2+. The van der Waals surface area contributed by atoms with E-state index < -0.39 is 37.9 Å². The average molecular weight is 893 g/mol. The zero-order valence-corrected chi connectivity index (χ0v) is 39.6. The molecular weight excluding hydrogens is 831 g/mol. The van der Waals surface area contributed by atoms with Crippen molar-refractivity contribution in [3.8, 4) is 0 Å². The largest absolute Gasteiger partial charge is 0.443 e. The Balaban J connectivity index is 1.33. The Morgan fingerprint density at radius 2 is 1.49 bits per heavy atom. The van der Waals surface area contributed by atoms with E-state index in [1.165, 1.54) is 21.9 Å². The molecule has 0 unspecified atom stereocenters. The molecule has 3 aliphatic rings. The number of hydrogen-bond acceptors (Lipinski definition) is 7. The van der Waals surface area contributed by atoms with Crippen LogP contribution in [0.25, 0.3) is 21.5 Å². The molecule has 2 heterocycles. The fraction of sp³-hybridized carbons (Fsp3) is 0.412. The molecule has 0 atom stereocenters. The summed E-state index contributed by atoms with van der Waals surface area (Å²) < 4.78 is 63.9. The lowest BCUT2D eigenvalue weighted by Gasteiger charge is -2.28. The van der Waals surface area contributed by atoms with E-state index in [2.05, 4.69) is 128 Å². The lowest BCUT2D eigenvalue weighted by molar-refractivity contribution is -0.438. The van der Waals surface area contributed by atoms with Gasteiger partial charge in [-0.2, -0.15) is 13.0 Å². The van der Waals surface area contributed by atoms with Crippen molar-refractivity contribution in [2.45, 2.75) is 103 Å². The molecule has 334 valence electrons. The topological polar surface area (TPSA) is 124 Å². The second-order valence-corrected chi connectivity index (χ2v) is 21.7. The van der Waals surface area contributed by atoms with Gasteiger partial charge in [0.15, 0.2) is 5.71 Å². The predicted molar refractivity (Wildman–Crippen MR) is 257 cm³/mol. The number of carbonyl (C=O) groups is 1. The van der Waals surface area contributed by atoms with E-state index in [0.717, 1.165) is 50.4 Å². The van der Waals surface area contributed by atoms with Crippen LogP contribution in [-0.4, -0.2) is 79.9 Å². The predicted octanol–water partition coefficient (Wildman–Crippen LogP) is 10.5. The van der Waals surface area contributed by atoms with E-state index in [0.29, 0.717) is 51.6 Å². The van der Waals surface area contributed by atoms with Crippen LogP contribution in [0, 0.1) is 0 Å². The molecule has 1 amide bonds. The standard InChI is InChI=1S/C51H61N3O7S2/c1-49(2,3)61-48(55)52(8)47-37(25-29-43-50(4,5)45-39-19-11-9-17-35(39)23-27-41(45)53(43)31-13-15-33-62(56)57)21-22-38(47)26-30-44-51(6,7)46-40-20-12-10-18-36(40)24-28-42(46)54(44)32-14-16-34-63(58,59)60/h9-12,17-20,23-30,62H,13-16,21-22,31-34H2,1-8H3/p+1. The van der Waals surface area contributed by atoms with Crippen LogP contribution in [0.1, 0.15) is 98.1 Å². The molecule has 1 N–H and O–H groups in total. The Labute approximate surface area is 375 Å². The zero-order chi connectivity index (χ0) is 45.5. The van der Waals surface area contributed by atoms with Gasteiger partial charge >= 0.3 is 6.09 Å². The van der Waals surface area contributed by atoms with Crippen molar-refractivity contribution in [1.82, 2.24) is 4.90 Å². The number of unbranched alkanes of at least 4 members (excludes halogenated alkanes) is 2. The Morgan fingerprint density at radius 1 is 0.841 bits per heavy atom. The van der Waals surface area contributed by atoms with Gasteiger partial charge in [0.25, 0.3) is 10.1 Å². The molecule has 10 nitrogen and oxygen atoms in total. The first-order valence-electron chi connectivity index (χ1n) is 22.0. The molecule has 12 heteroatoms. The Hall–Kier alpha value is -5.04. The van der Waals surface area contributed by atoms with E-state index in [4.69, 9.17) is 4.74 Å². The van der Waals surface area contributed by atoms with Gasteiger partial charge in [0.2, 0.25) is 5.69 Å². The highest BCUT2D eigenvalue weighted by Crippen LogP contribution is 2.51. The van der Waals surface area contributed by atoms with E-state index >= 15 is 0 Å². The Kier molecular flexibility index (Phi) is 13.0. The van der Waals surface area contributed by atoms with Gasteiger partial charge in [0.05, 0.1) is 16.9 Å². The normalized spacial score (nSPS) is 18.5. The minimum absolute atomic E-state index is 0.159. The van der Waals surface area contributed by atoms with Gasteiger partial charge in [-0.3, -0.25) is 9.45 Å².